The lowest BCUT2D eigenvalue weighted by molar-refractivity contribution is -0.176. The van der Waals surface area contributed by atoms with Gasteiger partial charge in [-0.2, -0.15) is 0 Å². The number of hydrogen-bond acceptors (Lipinski definition) is 3. The van der Waals surface area contributed by atoms with Crippen molar-refractivity contribution in [1.29, 1.82) is 0 Å². The third-order valence-electron chi connectivity index (χ3n) is 6.33. The largest absolute Gasteiger partial charge is 0.378 e. The number of methoxy groups -OCH3 is 1. The molecule has 0 spiro atoms. The van der Waals surface area contributed by atoms with Gasteiger partial charge in [0.15, 0.2) is 5.96 Å². The van der Waals surface area contributed by atoms with E-state index in [0.29, 0.717) is 24.3 Å². The molecular weight excluding hydrogens is 405 g/mol. The molecule has 23 heavy (non-hydrogen) atoms. The van der Waals surface area contributed by atoms with Crippen molar-refractivity contribution in [3.8, 4) is 0 Å². The summed E-state index contributed by atoms with van der Waals surface area (Å²) in [6.07, 6.45) is 5.35. The van der Waals surface area contributed by atoms with Gasteiger partial charge in [-0.25, -0.2) is 0 Å². The van der Waals surface area contributed by atoms with Crippen LogP contribution in [-0.2, 0) is 9.47 Å². The second-order valence-corrected chi connectivity index (χ2v) is 7.74. The Kier molecular flexibility index (Phi) is 5.89. The van der Waals surface area contributed by atoms with E-state index in [2.05, 4.69) is 43.3 Å². The highest BCUT2D eigenvalue weighted by molar-refractivity contribution is 14.0. The average Bonchev–Trinajstić information content (AvgIpc) is 3.09. The highest BCUT2D eigenvalue weighted by atomic mass is 127. The molecule has 2 saturated heterocycles. The van der Waals surface area contributed by atoms with E-state index in [9.17, 15) is 0 Å². The van der Waals surface area contributed by atoms with Gasteiger partial charge in [-0.1, -0.05) is 13.8 Å². The Bertz CT molecular complexity index is 457. The molecule has 134 valence electrons. The number of nitrogens with zero attached hydrogens (tertiary/aromatic N) is 1. The van der Waals surface area contributed by atoms with Gasteiger partial charge >= 0.3 is 0 Å². The molecule has 3 rings (SSSR count). The molecule has 2 aliphatic heterocycles. The summed E-state index contributed by atoms with van der Waals surface area (Å²) >= 11 is 0. The van der Waals surface area contributed by atoms with Gasteiger partial charge in [-0.05, 0) is 39.5 Å². The first-order valence-corrected chi connectivity index (χ1v) is 8.67. The van der Waals surface area contributed by atoms with Gasteiger partial charge < -0.3 is 20.1 Å². The predicted molar refractivity (Wildman–Crippen MR) is 104 cm³/mol. The van der Waals surface area contributed by atoms with Crippen molar-refractivity contribution in [1.82, 2.24) is 10.6 Å². The maximum Gasteiger partial charge on any atom is 0.191 e. The Hall–Kier alpha value is -0.0800. The highest BCUT2D eigenvalue weighted by Gasteiger charge is 2.58. The molecule has 0 aromatic carbocycles. The number of guanidine groups is 1. The SMILES string of the molecule is CCN=C(NC1CC2CCC1O2)NC1CC(C)(OC)C1(C)C.I. The standard InChI is InChI=1S/C17H31N3O2.HI/c1-6-18-15(19-12-9-11-7-8-13(12)22-11)20-14-10-17(4,21-5)16(14,2)3;/h11-14H,6-10H2,1-5H3,(H2,18,19,20);1H. The number of ether oxygens (including phenoxy) is 2. The first-order chi connectivity index (χ1) is 10.4. The zero-order valence-electron chi connectivity index (χ0n) is 15.0. The Labute approximate surface area is 157 Å². The smallest absolute Gasteiger partial charge is 0.191 e. The quantitative estimate of drug-likeness (QED) is 0.404. The minimum Gasteiger partial charge on any atom is -0.378 e. The molecule has 3 aliphatic rings. The summed E-state index contributed by atoms with van der Waals surface area (Å²) in [5.74, 6) is 0.930. The molecule has 6 heteroatoms. The predicted octanol–water partition coefficient (Wildman–Crippen LogP) is 2.68. The molecular formula is C17H32IN3O2. The zero-order chi connectivity index (χ0) is 16.0. The summed E-state index contributed by atoms with van der Waals surface area (Å²) in [5.41, 5.74) is 0.0284. The summed E-state index contributed by atoms with van der Waals surface area (Å²) in [7, 11) is 1.81. The van der Waals surface area contributed by atoms with Crippen molar-refractivity contribution in [2.45, 2.75) is 83.3 Å². The summed E-state index contributed by atoms with van der Waals surface area (Å²) < 4.78 is 11.6. The monoisotopic (exact) mass is 437 g/mol. The lowest BCUT2D eigenvalue weighted by Gasteiger charge is -2.59. The lowest BCUT2D eigenvalue weighted by Crippen LogP contribution is -2.70. The van der Waals surface area contributed by atoms with Crippen molar-refractivity contribution < 1.29 is 9.47 Å². The van der Waals surface area contributed by atoms with Gasteiger partial charge in [0.25, 0.3) is 0 Å². The van der Waals surface area contributed by atoms with Crippen LogP contribution < -0.4 is 10.6 Å². The van der Waals surface area contributed by atoms with Crippen molar-refractivity contribution in [3.05, 3.63) is 0 Å². The van der Waals surface area contributed by atoms with Crippen molar-refractivity contribution in [3.63, 3.8) is 0 Å². The van der Waals surface area contributed by atoms with E-state index in [0.717, 1.165) is 25.3 Å². The van der Waals surface area contributed by atoms with E-state index >= 15 is 0 Å². The van der Waals surface area contributed by atoms with Gasteiger partial charge in [0.2, 0.25) is 0 Å². The molecule has 1 aliphatic carbocycles. The zero-order valence-corrected chi connectivity index (χ0v) is 17.3. The fourth-order valence-corrected chi connectivity index (χ4v) is 4.14. The molecule has 1 saturated carbocycles. The molecule has 5 atom stereocenters. The Morgan fingerprint density at radius 1 is 1.26 bits per heavy atom. The van der Waals surface area contributed by atoms with E-state index in [1.54, 1.807) is 0 Å². The van der Waals surface area contributed by atoms with Gasteiger partial charge in [-0.3, -0.25) is 4.99 Å². The van der Waals surface area contributed by atoms with Gasteiger partial charge in [0.05, 0.1) is 23.9 Å². The normalized spacial score (nSPS) is 41.2. The highest BCUT2D eigenvalue weighted by Crippen LogP contribution is 2.51. The summed E-state index contributed by atoms with van der Waals surface area (Å²) in [6, 6.07) is 0.795. The minimum absolute atomic E-state index is 0. The molecule has 5 nitrogen and oxygen atoms in total. The van der Waals surface area contributed by atoms with E-state index in [4.69, 9.17) is 9.47 Å². The Morgan fingerprint density at radius 3 is 2.48 bits per heavy atom. The van der Waals surface area contributed by atoms with Crippen molar-refractivity contribution in [2.75, 3.05) is 13.7 Å². The topological polar surface area (TPSA) is 54.9 Å². The second kappa shape index (κ2) is 7.04. The summed E-state index contributed by atoms with van der Waals surface area (Å²) in [4.78, 5) is 4.63. The number of fused-ring (bicyclic) bond motifs is 2. The van der Waals surface area contributed by atoms with E-state index in [1.165, 1.54) is 12.8 Å². The van der Waals surface area contributed by atoms with E-state index < -0.39 is 0 Å². The minimum atomic E-state index is -0.0580. The van der Waals surface area contributed by atoms with Crippen LogP contribution in [0.2, 0.25) is 0 Å². The maximum atomic E-state index is 5.94. The fourth-order valence-electron chi connectivity index (χ4n) is 4.14. The summed E-state index contributed by atoms with van der Waals surface area (Å²) in [6.45, 7) is 9.58. The van der Waals surface area contributed by atoms with Crippen LogP contribution in [0.4, 0.5) is 0 Å². The van der Waals surface area contributed by atoms with Crippen molar-refractivity contribution >= 4 is 29.9 Å². The number of nitrogens with one attached hydrogen (secondary N) is 2. The van der Waals surface area contributed by atoms with Crippen LogP contribution in [0.15, 0.2) is 4.99 Å². The fraction of sp³-hybridized carbons (Fsp3) is 0.941. The molecule has 2 N–H and O–H groups in total. The van der Waals surface area contributed by atoms with Crippen LogP contribution in [0.25, 0.3) is 0 Å². The number of rotatable bonds is 4. The van der Waals surface area contributed by atoms with E-state index in [-0.39, 0.29) is 35.0 Å². The average molecular weight is 437 g/mol. The van der Waals surface area contributed by atoms with Gasteiger partial charge in [-0.15, -0.1) is 24.0 Å². The first kappa shape index (κ1) is 19.2. The molecule has 2 heterocycles. The van der Waals surface area contributed by atoms with Crippen LogP contribution in [0.1, 0.15) is 53.4 Å². The van der Waals surface area contributed by atoms with E-state index in [1.807, 2.05) is 7.11 Å². The molecule has 0 radical (unpaired) electrons. The number of hydrogen-bond donors (Lipinski definition) is 2. The second-order valence-electron chi connectivity index (χ2n) is 7.74. The molecule has 0 amide bonds. The summed E-state index contributed by atoms with van der Waals surface area (Å²) in [5, 5.41) is 7.23. The Balaban J connectivity index is 0.00000192. The third kappa shape index (κ3) is 3.35. The first-order valence-electron chi connectivity index (χ1n) is 8.67. The van der Waals surface area contributed by atoms with Crippen LogP contribution >= 0.6 is 24.0 Å². The number of aliphatic imine (C=N–C) groups is 1. The van der Waals surface area contributed by atoms with Crippen LogP contribution in [-0.4, -0.2) is 49.5 Å². The van der Waals surface area contributed by atoms with Crippen LogP contribution in [0.3, 0.4) is 0 Å². The van der Waals surface area contributed by atoms with Gasteiger partial charge in [0.1, 0.15) is 0 Å². The molecule has 0 aromatic rings. The molecule has 5 unspecified atom stereocenters. The third-order valence-corrected chi connectivity index (χ3v) is 6.33. The van der Waals surface area contributed by atoms with Crippen LogP contribution in [0.5, 0.6) is 0 Å². The van der Waals surface area contributed by atoms with Crippen LogP contribution in [0, 0.1) is 5.41 Å². The maximum absolute atomic E-state index is 5.94. The van der Waals surface area contributed by atoms with Crippen molar-refractivity contribution in [2.24, 2.45) is 10.4 Å². The lowest BCUT2D eigenvalue weighted by atomic mass is 9.56. The number of halogens is 1. The Morgan fingerprint density at radius 2 is 2.00 bits per heavy atom. The molecule has 0 aromatic heterocycles. The van der Waals surface area contributed by atoms with Gasteiger partial charge in [0, 0.05) is 25.1 Å². The molecule has 3 fully saturated rings. The molecule has 2 bridgehead atoms.